The number of nitro groups is 1. The Bertz CT molecular complexity index is 671. The molecule has 1 aromatic rings. The molecule has 0 aliphatic rings. The van der Waals surface area contributed by atoms with Crippen molar-refractivity contribution in [3.8, 4) is 0 Å². The number of hydrogen-bond donors (Lipinski definition) is 1. The Labute approximate surface area is 146 Å². The minimum Gasteiger partial charge on any atom is -0.456 e. The summed E-state index contributed by atoms with van der Waals surface area (Å²) < 4.78 is 10.4. The van der Waals surface area contributed by atoms with Crippen LogP contribution in [0.3, 0.4) is 0 Å². The molecule has 0 aliphatic carbocycles. The lowest BCUT2D eigenvalue weighted by Crippen LogP contribution is -2.33. The third kappa shape index (κ3) is 6.78. The second kappa shape index (κ2) is 7.50. The molecule has 8 nitrogen and oxygen atoms in total. The molecule has 1 amide bonds. The van der Waals surface area contributed by atoms with Crippen LogP contribution < -0.4 is 5.32 Å². The summed E-state index contributed by atoms with van der Waals surface area (Å²) in [5, 5.41) is 13.7. The second-order valence-electron chi connectivity index (χ2n) is 7.43. The molecule has 0 unspecified atom stereocenters. The van der Waals surface area contributed by atoms with Crippen LogP contribution in [0.2, 0.25) is 0 Å². The van der Waals surface area contributed by atoms with E-state index in [1.54, 1.807) is 41.5 Å². The van der Waals surface area contributed by atoms with Gasteiger partial charge in [0.2, 0.25) is 0 Å². The lowest BCUT2D eigenvalue weighted by atomic mass is 10.0. The van der Waals surface area contributed by atoms with Gasteiger partial charge in [-0.1, -0.05) is 12.1 Å². The first-order valence-corrected chi connectivity index (χ1v) is 7.76. The highest BCUT2D eigenvalue weighted by Crippen LogP contribution is 2.25. The maximum atomic E-state index is 12.4. The minimum absolute atomic E-state index is 0.106. The Kier molecular flexibility index (Phi) is 6.12. The van der Waals surface area contributed by atoms with Crippen molar-refractivity contribution in [2.45, 2.75) is 59.3 Å². The summed E-state index contributed by atoms with van der Waals surface area (Å²) in [5.74, 6) is -0.819. The van der Waals surface area contributed by atoms with Gasteiger partial charge in [0.1, 0.15) is 16.8 Å². The predicted octanol–water partition coefficient (Wildman–Crippen LogP) is 3.57. The van der Waals surface area contributed by atoms with E-state index in [1.807, 2.05) is 0 Å². The lowest BCUT2D eigenvalue weighted by molar-refractivity contribution is -0.385. The van der Waals surface area contributed by atoms with E-state index < -0.39 is 28.2 Å². The van der Waals surface area contributed by atoms with Crippen LogP contribution in [0, 0.1) is 10.1 Å². The number of carbonyl (C=O) groups excluding carboxylic acids is 2. The van der Waals surface area contributed by atoms with Gasteiger partial charge < -0.3 is 14.8 Å². The van der Waals surface area contributed by atoms with E-state index in [0.717, 1.165) is 0 Å². The van der Waals surface area contributed by atoms with Gasteiger partial charge in [-0.3, -0.25) is 10.1 Å². The average molecular weight is 352 g/mol. The van der Waals surface area contributed by atoms with Gasteiger partial charge in [-0.2, -0.15) is 0 Å². The quantitative estimate of drug-likeness (QED) is 0.504. The number of carbonyl (C=O) groups is 2. The Morgan fingerprint density at radius 2 is 1.64 bits per heavy atom. The van der Waals surface area contributed by atoms with Crippen molar-refractivity contribution in [2.24, 2.45) is 0 Å². The van der Waals surface area contributed by atoms with E-state index in [0.29, 0.717) is 0 Å². The summed E-state index contributed by atoms with van der Waals surface area (Å²) in [6, 6.07) is 4.18. The number of benzene rings is 1. The normalized spacial score (nSPS) is 11.6. The molecule has 25 heavy (non-hydrogen) atoms. The number of hydrogen-bond acceptors (Lipinski definition) is 6. The number of nitrogens with zero attached hydrogens (tertiary/aromatic N) is 1. The molecule has 1 rings (SSSR count). The lowest BCUT2D eigenvalue weighted by Gasteiger charge is -2.21. The zero-order chi connectivity index (χ0) is 19.4. The summed E-state index contributed by atoms with van der Waals surface area (Å²) in [6.45, 7) is 10.0. The topological polar surface area (TPSA) is 108 Å². The molecule has 8 heteroatoms. The van der Waals surface area contributed by atoms with Crippen LogP contribution in [0.15, 0.2) is 18.2 Å². The molecule has 0 saturated carbocycles. The first-order chi connectivity index (χ1) is 11.3. The van der Waals surface area contributed by atoms with Crippen LogP contribution in [0.5, 0.6) is 0 Å². The fraction of sp³-hybridized carbons (Fsp3) is 0.529. The predicted molar refractivity (Wildman–Crippen MR) is 91.3 cm³/mol. The van der Waals surface area contributed by atoms with E-state index >= 15 is 0 Å². The van der Waals surface area contributed by atoms with Crippen molar-refractivity contribution >= 4 is 17.7 Å². The zero-order valence-corrected chi connectivity index (χ0v) is 15.3. The third-order valence-electron chi connectivity index (χ3n) is 2.75. The van der Waals surface area contributed by atoms with Gasteiger partial charge in [-0.25, -0.2) is 9.59 Å². The fourth-order valence-corrected chi connectivity index (χ4v) is 1.93. The van der Waals surface area contributed by atoms with Crippen LogP contribution in [0.4, 0.5) is 10.5 Å². The maximum Gasteiger partial charge on any atom is 0.407 e. The first-order valence-electron chi connectivity index (χ1n) is 7.76. The minimum atomic E-state index is -0.819. The molecule has 0 aromatic heterocycles. The van der Waals surface area contributed by atoms with Gasteiger partial charge in [-0.05, 0) is 47.1 Å². The van der Waals surface area contributed by atoms with Crippen molar-refractivity contribution in [1.82, 2.24) is 5.32 Å². The van der Waals surface area contributed by atoms with E-state index in [9.17, 15) is 19.7 Å². The van der Waals surface area contributed by atoms with Gasteiger partial charge in [0.05, 0.1) is 4.92 Å². The Morgan fingerprint density at radius 3 is 2.12 bits per heavy atom. The maximum absolute atomic E-state index is 12.4. The molecular formula is C17H24N2O6. The molecule has 0 bridgehead atoms. The number of alkyl carbamates (subject to hydrolysis) is 1. The molecule has 0 aliphatic heterocycles. The van der Waals surface area contributed by atoms with Crippen LogP contribution in [0.25, 0.3) is 0 Å². The molecular weight excluding hydrogens is 328 g/mol. The largest absolute Gasteiger partial charge is 0.456 e. The Balaban J connectivity index is 3.10. The van der Waals surface area contributed by atoms with Gasteiger partial charge in [0, 0.05) is 12.6 Å². The SMILES string of the molecule is CC(C)(C)OC(=O)NCc1cccc([N+](=O)[O-])c1C(=O)OC(C)(C)C. The van der Waals surface area contributed by atoms with E-state index in [2.05, 4.69) is 5.32 Å². The zero-order valence-electron chi connectivity index (χ0n) is 15.3. The van der Waals surface area contributed by atoms with Gasteiger partial charge in [0.25, 0.3) is 5.69 Å². The molecule has 0 fully saturated rings. The third-order valence-corrected chi connectivity index (χ3v) is 2.75. The van der Waals surface area contributed by atoms with Crippen molar-refractivity contribution < 1.29 is 24.0 Å². The highest BCUT2D eigenvalue weighted by Gasteiger charge is 2.28. The average Bonchev–Trinajstić information content (AvgIpc) is 2.40. The molecule has 1 aromatic carbocycles. The molecule has 138 valence electrons. The highest BCUT2D eigenvalue weighted by atomic mass is 16.6. The number of nitro benzene ring substituents is 1. The number of rotatable bonds is 4. The summed E-state index contributed by atoms with van der Waals surface area (Å²) in [7, 11) is 0. The Hall–Kier alpha value is -2.64. The molecule has 0 saturated heterocycles. The fourth-order valence-electron chi connectivity index (χ4n) is 1.93. The van der Waals surface area contributed by atoms with Crippen LogP contribution in [-0.4, -0.2) is 28.2 Å². The summed E-state index contributed by atoms with van der Waals surface area (Å²) >= 11 is 0. The van der Waals surface area contributed by atoms with E-state index in [4.69, 9.17) is 9.47 Å². The number of esters is 1. The number of nitrogens with one attached hydrogen (secondary N) is 1. The van der Waals surface area contributed by atoms with Crippen molar-refractivity contribution in [2.75, 3.05) is 0 Å². The summed E-state index contributed by atoms with van der Waals surface area (Å²) in [4.78, 5) is 34.8. The molecule has 0 radical (unpaired) electrons. The summed E-state index contributed by atoms with van der Waals surface area (Å²) in [5.41, 5.74) is -1.78. The number of amides is 1. The highest BCUT2D eigenvalue weighted by molar-refractivity contribution is 5.96. The van der Waals surface area contributed by atoms with Crippen LogP contribution in [-0.2, 0) is 16.0 Å². The van der Waals surface area contributed by atoms with Gasteiger partial charge in [0.15, 0.2) is 0 Å². The van der Waals surface area contributed by atoms with E-state index in [1.165, 1.54) is 18.2 Å². The van der Waals surface area contributed by atoms with Crippen molar-refractivity contribution in [3.63, 3.8) is 0 Å². The standard InChI is InChI=1S/C17H24N2O6/c1-16(2,3)24-14(20)13-11(8-7-9-12(13)19(22)23)10-18-15(21)25-17(4,5)6/h7-9H,10H2,1-6H3,(H,18,21). The summed E-state index contributed by atoms with van der Waals surface area (Å²) in [6.07, 6.45) is -0.686. The van der Waals surface area contributed by atoms with Crippen LogP contribution in [0.1, 0.15) is 57.5 Å². The van der Waals surface area contributed by atoms with Crippen molar-refractivity contribution in [1.29, 1.82) is 0 Å². The van der Waals surface area contributed by atoms with Gasteiger partial charge >= 0.3 is 12.1 Å². The van der Waals surface area contributed by atoms with Crippen molar-refractivity contribution in [3.05, 3.63) is 39.4 Å². The van der Waals surface area contributed by atoms with Crippen LogP contribution >= 0.6 is 0 Å². The monoisotopic (exact) mass is 352 g/mol. The number of ether oxygens (including phenoxy) is 2. The second-order valence-corrected chi connectivity index (χ2v) is 7.43. The smallest absolute Gasteiger partial charge is 0.407 e. The molecule has 0 spiro atoms. The van der Waals surface area contributed by atoms with Gasteiger partial charge in [-0.15, -0.1) is 0 Å². The molecule has 1 N–H and O–H groups in total. The molecule has 0 atom stereocenters. The molecule has 0 heterocycles. The Morgan fingerprint density at radius 1 is 1.08 bits per heavy atom. The van der Waals surface area contributed by atoms with E-state index in [-0.39, 0.29) is 23.4 Å². The first kappa shape index (κ1) is 20.4.